The summed E-state index contributed by atoms with van der Waals surface area (Å²) in [5, 5.41) is 0. The summed E-state index contributed by atoms with van der Waals surface area (Å²) in [5.41, 5.74) is 5.42. The molecule has 0 bridgehead atoms. The van der Waals surface area contributed by atoms with E-state index in [4.69, 9.17) is 4.74 Å². The molecule has 0 fully saturated rings. The molecule has 33 heavy (non-hydrogen) atoms. The molecule has 1 aliphatic rings. The highest BCUT2D eigenvalue weighted by atomic mass is 19.1. The molecule has 168 valence electrons. The zero-order valence-corrected chi connectivity index (χ0v) is 19.3. The summed E-state index contributed by atoms with van der Waals surface area (Å²) in [6.45, 7) is 7.43. The molecule has 4 rings (SSSR count). The lowest BCUT2D eigenvalue weighted by atomic mass is 10.0. The van der Waals surface area contributed by atoms with Crippen LogP contribution in [-0.2, 0) is 14.3 Å². The Kier molecular flexibility index (Phi) is 5.77. The first-order valence-corrected chi connectivity index (χ1v) is 10.6. The molecule has 2 aromatic carbocycles. The second-order valence-electron chi connectivity index (χ2n) is 8.10. The number of hydrogen-bond donors (Lipinski definition) is 0. The highest BCUT2D eigenvalue weighted by Gasteiger charge is 2.38. The summed E-state index contributed by atoms with van der Waals surface area (Å²) in [6.07, 6.45) is 1.69. The second-order valence-corrected chi connectivity index (χ2v) is 8.10. The van der Waals surface area contributed by atoms with E-state index in [2.05, 4.69) is 0 Å². The van der Waals surface area contributed by atoms with Crippen LogP contribution in [0.2, 0.25) is 0 Å². The van der Waals surface area contributed by atoms with Crippen LogP contribution in [0.15, 0.2) is 71.4 Å². The van der Waals surface area contributed by atoms with Crippen molar-refractivity contribution in [2.75, 3.05) is 12.0 Å². The van der Waals surface area contributed by atoms with E-state index in [0.29, 0.717) is 17.1 Å². The van der Waals surface area contributed by atoms with Crippen molar-refractivity contribution in [1.82, 2.24) is 4.57 Å². The lowest BCUT2D eigenvalue weighted by Gasteiger charge is -2.18. The van der Waals surface area contributed by atoms with Gasteiger partial charge < -0.3 is 9.30 Å². The molecule has 0 radical (unpaired) electrons. The average molecular weight is 445 g/mol. The van der Waals surface area contributed by atoms with Crippen LogP contribution >= 0.6 is 0 Å². The van der Waals surface area contributed by atoms with E-state index in [1.807, 2.05) is 51.1 Å². The molecule has 0 saturated heterocycles. The average Bonchev–Trinajstić information content (AvgIpc) is 3.20. The molecule has 0 unspecified atom stereocenters. The minimum atomic E-state index is -0.579. The number of anilines is 1. The number of carbonyl (C=O) groups excluding carboxylic acids is 2. The Morgan fingerprint density at radius 2 is 1.67 bits per heavy atom. The molecule has 1 amide bonds. The van der Waals surface area contributed by atoms with Gasteiger partial charge in [0, 0.05) is 22.8 Å². The quantitative estimate of drug-likeness (QED) is 0.399. The number of allylic oxidation sites excluding steroid dienone is 1. The van der Waals surface area contributed by atoms with E-state index >= 15 is 0 Å². The van der Waals surface area contributed by atoms with Crippen molar-refractivity contribution in [2.45, 2.75) is 27.7 Å². The number of esters is 1. The first-order chi connectivity index (χ1) is 15.7. The van der Waals surface area contributed by atoms with Crippen LogP contribution in [0.5, 0.6) is 0 Å². The van der Waals surface area contributed by atoms with Gasteiger partial charge >= 0.3 is 5.97 Å². The van der Waals surface area contributed by atoms with Crippen LogP contribution in [0, 0.1) is 26.6 Å². The Hall–Kier alpha value is -3.93. The predicted molar refractivity (Wildman–Crippen MR) is 127 cm³/mol. The van der Waals surface area contributed by atoms with Gasteiger partial charge in [-0.15, -0.1) is 0 Å². The number of carbonyl (C=O) groups is 2. The Morgan fingerprint density at radius 1 is 1.00 bits per heavy atom. The van der Waals surface area contributed by atoms with Gasteiger partial charge in [0.15, 0.2) is 0 Å². The summed E-state index contributed by atoms with van der Waals surface area (Å²) in [7, 11) is 1.29. The third-order valence-corrected chi connectivity index (χ3v) is 5.95. The molecule has 1 aliphatic heterocycles. The van der Waals surface area contributed by atoms with Gasteiger partial charge in [-0.25, -0.2) is 9.18 Å². The monoisotopic (exact) mass is 444 g/mol. The molecule has 5 nitrogen and oxygen atoms in total. The number of methoxy groups -OCH3 is 1. The first-order valence-electron chi connectivity index (χ1n) is 10.6. The summed E-state index contributed by atoms with van der Waals surface area (Å²) < 4.78 is 21.3. The van der Waals surface area contributed by atoms with Gasteiger partial charge in [0.05, 0.1) is 23.9 Å². The van der Waals surface area contributed by atoms with Crippen molar-refractivity contribution >= 4 is 23.6 Å². The normalized spacial score (nSPS) is 15.0. The number of aryl methyl sites for hydroxylation is 2. The van der Waals surface area contributed by atoms with Gasteiger partial charge in [0.25, 0.3) is 5.91 Å². The van der Waals surface area contributed by atoms with Crippen molar-refractivity contribution in [3.63, 3.8) is 0 Å². The highest BCUT2D eigenvalue weighted by Crippen LogP contribution is 2.36. The lowest BCUT2D eigenvalue weighted by molar-refractivity contribution is -0.136. The molecule has 6 heteroatoms. The van der Waals surface area contributed by atoms with E-state index in [1.165, 1.54) is 18.1 Å². The fourth-order valence-corrected chi connectivity index (χ4v) is 4.28. The van der Waals surface area contributed by atoms with Gasteiger partial charge in [-0.2, -0.15) is 0 Å². The number of amides is 1. The zero-order valence-electron chi connectivity index (χ0n) is 19.3. The SMILES string of the molecule is COC(=O)C1=C(C)N(c2ccc(C)cc2)C(=O)/C1=C\c1cc(C)n(-c2ccccc2F)c1C. The molecule has 3 aromatic rings. The van der Waals surface area contributed by atoms with E-state index in [-0.39, 0.29) is 22.9 Å². The molecule has 0 atom stereocenters. The number of halogens is 1. The van der Waals surface area contributed by atoms with Crippen molar-refractivity contribution in [3.05, 3.63) is 99.8 Å². The van der Waals surface area contributed by atoms with Crippen molar-refractivity contribution in [2.24, 2.45) is 0 Å². The smallest absolute Gasteiger partial charge is 0.340 e. The van der Waals surface area contributed by atoms with E-state index in [9.17, 15) is 14.0 Å². The van der Waals surface area contributed by atoms with Gasteiger partial charge in [-0.1, -0.05) is 29.8 Å². The minimum Gasteiger partial charge on any atom is -0.465 e. The number of hydrogen-bond acceptors (Lipinski definition) is 3. The summed E-state index contributed by atoms with van der Waals surface area (Å²) >= 11 is 0. The summed E-state index contributed by atoms with van der Waals surface area (Å²) in [6, 6.07) is 15.9. The van der Waals surface area contributed by atoms with Crippen LogP contribution in [0.4, 0.5) is 10.1 Å². The number of benzene rings is 2. The third kappa shape index (κ3) is 3.78. The topological polar surface area (TPSA) is 51.5 Å². The summed E-state index contributed by atoms with van der Waals surface area (Å²) in [5.74, 6) is -1.23. The minimum absolute atomic E-state index is 0.221. The standard InChI is InChI=1S/C27H25FN2O3/c1-16-10-12-21(13-11-16)30-19(4)25(27(32)33-5)22(26(30)31)15-20-14-17(2)29(18(20)3)24-9-7-6-8-23(24)28/h6-15H,1-5H3/b22-15-. The number of nitrogens with zero attached hydrogens (tertiary/aromatic N) is 2. The Labute approximate surface area is 192 Å². The largest absolute Gasteiger partial charge is 0.465 e. The first kappa shape index (κ1) is 22.3. The number of rotatable bonds is 4. The van der Waals surface area contributed by atoms with E-state index in [1.54, 1.807) is 35.8 Å². The Bertz CT molecular complexity index is 1330. The third-order valence-electron chi connectivity index (χ3n) is 5.95. The molecule has 2 heterocycles. The molecule has 0 N–H and O–H groups in total. The van der Waals surface area contributed by atoms with Gasteiger partial charge in [-0.3, -0.25) is 9.69 Å². The Balaban J connectivity index is 1.86. The van der Waals surface area contributed by atoms with Crippen molar-refractivity contribution < 1.29 is 18.7 Å². The number of ether oxygens (including phenoxy) is 1. The maximum atomic E-state index is 14.5. The second kappa shape index (κ2) is 8.54. The van der Waals surface area contributed by atoms with Gasteiger partial charge in [0.2, 0.25) is 0 Å². The molecular weight excluding hydrogens is 419 g/mol. The van der Waals surface area contributed by atoms with Crippen LogP contribution in [0.1, 0.15) is 29.4 Å². The molecular formula is C27H25FN2O3. The van der Waals surface area contributed by atoms with Crippen LogP contribution in [-0.4, -0.2) is 23.6 Å². The van der Waals surface area contributed by atoms with Crippen LogP contribution in [0.25, 0.3) is 11.8 Å². The van der Waals surface area contributed by atoms with Crippen LogP contribution < -0.4 is 4.90 Å². The van der Waals surface area contributed by atoms with Gasteiger partial charge in [0.1, 0.15) is 5.82 Å². The fourth-order valence-electron chi connectivity index (χ4n) is 4.28. The van der Waals surface area contributed by atoms with Gasteiger partial charge in [-0.05, 0) is 69.7 Å². The molecule has 1 aromatic heterocycles. The zero-order chi connectivity index (χ0) is 23.9. The van der Waals surface area contributed by atoms with Crippen LogP contribution in [0.3, 0.4) is 0 Å². The maximum absolute atomic E-state index is 14.5. The predicted octanol–water partition coefficient (Wildman–Crippen LogP) is 5.42. The summed E-state index contributed by atoms with van der Waals surface area (Å²) in [4.78, 5) is 27.7. The van der Waals surface area contributed by atoms with Crippen molar-refractivity contribution in [1.29, 1.82) is 0 Å². The highest BCUT2D eigenvalue weighted by molar-refractivity contribution is 6.23. The molecule has 0 spiro atoms. The lowest BCUT2D eigenvalue weighted by Crippen LogP contribution is -2.24. The Morgan fingerprint density at radius 3 is 2.30 bits per heavy atom. The van der Waals surface area contributed by atoms with Crippen molar-refractivity contribution in [3.8, 4) is 5.69 Å². The number of para-hydroxylation sites is 1. The van der Waals surface area contributed by atoms with E-state index in [0.717, 1.165) is 22.5 Å². The fraction of sp³-hybridized carbons (Fsp3) is 0.185. The molecule has 0 saturated carbocycles. The number of aromatic nitrogens is 1. The maximum Gasteiger partial charge on any atom is 0.340 e. The van der Waals surface area contributed by atoms with E-state index < -0.39 is 5.97 Å². The molecule has 0 aliphatic carbocycles.